The van der Waals surface area contributed by atoms with Crippen LogP contribution in [0.1, 0.15) is 49.8 Å². The lowest BCUT2D eigenvalue weighted by atomic mass is 9.80. The van der Waals surface area contributed by atoms with E-state index in [1.54, 1.807) is 0 Å². The van der Waals surface area contributed by atoms with Gasteiger partial charge in [0, 0.05) is 6.42 Å². The Morgan fingerprint density at radius 2 is 2.05 bits per heavy atom. The van der Waals surface area contributed by atoms with Crippen LogP contribution < -0.4 is 5.32 Å². The maximum atomic E-state index is 12.3. The van der Waals surface area contributed by atoms with Crippen molar-refractivity contribution >= 4 is 15.7 Å². The van der Waals surface area contributed by atoms with Gasteiger partial charge in [0.2, 0.25) is 5.91 Å². The smallest absolute Gasteiger partial charge is 0.221 e. The van der Waals surface area contributed by atoms with Crippen LogP contribution in [0.3, 0.4) is 0 Å². The van der Waals surface area contributed by atoms with Crippen molar-refractivity contribution in [2.24, 2.45) is 5.92 Å². The van der Waals surface area contributed by atoms with Crippen LogP contribution in [0.25, 0.3) is 0 Å². The lowest BCUT2D eigenvalue weighted by molar-refractivity contribution is -0.122. The Hall–Kier alpha value is -1.36. The van der Waals surface area contributed by atoms with E-state index in [0.717, 1.165) is 12.8 Å². The fraction of sp³-hybridized carbons (Fsp3) is 0.588. The lowest BCUT2D eigenvalue weighted by Gasteiger charge is -2.32. The fourth-order valence-electron chi connectivity index (χ4n) is 3.67. The summed E-state index contributed by atoms with van der Waals surface area (Å²) in [4.78, 5) is 12.3. The van der Waals surface area contributed by atoms with Crippen molar-refractivity contribution in [1.82, 2.24) is 5.32 Å². The predicted molar refractivity (Wildman–Crippen MR) is 86.2 cm³/mol. The monoisotopic (exact) mass is 321 g/mol. The van der Waals surface area contributed by atoms with Crippen molar-refractivity contribution in [3.05, 3.63) is 35.4 Å². The normalized spacial score (nSPS) is 29.8. The van der Waals surface area contributed by atoms with Gasteiger partial charge in [-0.25, -0.2) is 8.42 Å². The molecular weight excluding hydrogens is 298 g/mol. The lowest BCUT2D eigenvalue weighted by Crippen LogP contribution is -2.37. The van der Waals surface area contributed by atoms with Crippen molar-refractivity contribution in [1.29, 1.82) is 0 Å². The Balaban J connectivity index is 1.71. The highest BCUT2D eigenvalue weighted by Gasteiger charge is 2.34. The molecule has 1 aromatic rings. The summed E-state index contributed by atoms with van der Waals surface area (Å²) >= 11 is 0. The van der Waals surface area contributed by atoms with Crippen molar-refractivity contribution in [2.45, 2.75) is 50.3 Å². The summed E-state index contributed by atoms with van der Waals surface area (Å²) < 4.78 is 23.7. The number of nitrogens with one attached hydrogen (secondary N) is 1. The summed E-state index contributed by atoms with van der Waals surface area (Å²) in [6.07, 6.45) is 3.49. The third-order valence-corrected chi connectivity index (χ3v) is 7.30. The average Bonchev–Trinajstić information content (AvgIpc) is 2.81. The van der Waals surface area contributed by atoms with Crippen LogP contribution in [0.15, 0.2) is 24.3 Å². The molecule has 4 nitrogen and oxygen atoms in total. The summed E-state index contributed by atoms with van der Waals surface area (Å²) in [5.41, 5.74) is 2.48. The van der Waals surface area contributed by atoms with Crippen LogP contribution in [0.2, 0.25) is 0 Å². The van der Waals surface area contributed by atoms with Gasteiger partial charge in [-0.2, -0.15) is 0 Å². The maximum Gasteiger partial charge on any atom is 0.221 e. The van der Waals surface area contributed by atoms with E-state index in [9.17, 15) is 13.2 Å². The quantitative estimate of drug-likeness (QED) is 0.930. The fourth-order valence-corrected chi connectivity index (χ4v) is 5.50. The van der Waals surface area contributed by atoms with E-state index < -0.39 is 15.1 Å². The second-order valence-electron chi connectivity index (χ2n) is 6.60. The third kappa shape index (κ3) is 3.05. The zero-order chi connectivity index (χ0) is 15.7. The minimum Gasteiger partial charge on any atom is -0.349 e. The van der Waals surface area contributed by atoms with Crippen molar-refractivity contribution in [3.8, 4) is 0 Å². The molecule has 1 amide bonds. The molecule has 1 aliphatic carbocycles. The van der Waals surface area contributed by atoms with E-state index in [4.69, 9.17) is 0 Å². The summed E-state index contributed by atoms with van der Waals surface area (Å²) in [7, 11) is -3.06. The predicted octanol–water partition coefficient (Wildman–Crippen LogP) is 2.39. The Labute approximate surface area is 132 Å². The minimum atomic E-state index is -3.06. The molecule has 2 aliphatic rings. The van der Waals surface area contributed by atoms with Gasteiger partial charge >= 0.3 is 0 Å². The van der Waals surface area contributed by atoms with E-state index in [0.29, 0.717) is 18.8 Å². The van der Waals surface area contributed by atoms with Crippen molar-refractivity contribution in [3.63, 3.8) is 0 Å². The first kappa shape index (κ1) is 15.5. The molecule has 5 heteroatoms. The molecule has 1 saturated heterocycles. The molecule has 22 heavy (non-hydrogen) atoms. The van der Waals surface area contributed by atoms with Crippen LogP contribution in [0, 0.1) is 5.92 Å². The Morgan fingerprint density at radius 3 is 2.77 bits per heavy atom. The van der Waals surface area contributed by atoms with Crippen LogP contribution in [-0.4, -0.2) is 25.3 Å². The number of hydrogen-bond donors (Lipinski definition) is 1. The Kier molecular flexibility index (Phi) is 4.26. The molecule has 0 radical (unpaired) electrons. The highest BCUT2D eigenvalue weighted by atomic mass is 32.2. The highest BCUT2D eigenvalue weighted by molar-refractivity contribution is 7.92. The first-order valence-corrected chi connectivity index (χ1v) is 9.77. The Morgan fingerprint density at radius 1 is 1.27 bits per heavy atom. The van der Waals surface area contributed by atoms with E-state index >= 15 is 0 Å². The van der Waals surface area contributed by atoms with Gasteiger partial charge in [0.05, 0.1) is 17.0 Å². The molecule has 0 saturated carbocycles. The number of carbonyl (C=O) groups excluding carboxylic acids is 1. The van der Waals surface area contributed by atoms with Gasteiger partial charge in [-0.3, -0.25) is 4.79 Å². The number of rotatable bonds is 3. The number of fused-ring (bicyclic) bond motifs is 1. The molecule has 1 fully saturated rings. The maximum absolute atomic E-state index is 12.3. The van der Waals surface area contributed by atoms with Crippen molar-refractivity contribution < 1.29 is 13.2 Å². The number of amides is 1. The van der Waals surface area contributed by atoms with Gasteiger partial charge in [-0.05, 0) is 42.7 Å². The molecule has 3 rings (SSSR count). The number of benzene rings is 1. The first-order valence-electron chi connectivity index (χ1n) is 8.06. The standard InChI is InChI=1S/C17H23NO3S/c1-12-8-9-13-5-2-3-7-15(13)17(12)18-16(19)11-14-6-4-10-22(14,20)21/h2-3,5,7,12,14,17H,4,6,8-11H2,1H3,(H,18,19). The molecule has 1 aromatic carbocycles. The number of carbonyl (C=O) groups is 1. The summed E-state index contributed by atoms with van der Waals surface area (Å²) in [5, 5.41) is 2.60. The number of sulfone groups is 1. The topological polar surface area (TPSA) is 63.2 Å². The van der Waals surface area contributed by atoms with Gasteiger partial charge < -0.3 is 5.32 Å². The molecule has 3 unspecified atom stereocenters. The first-order chi connectivity index (χ1) is 10.5. The zero-order valence-corrected chi connectivity index (χ0v) is 13.7. The van der Waals surface area contributed by atoms with Crippen LogP contribution >= 0.6 is 0 Å². The van der Waals surface area contributed by atoms with E-state index in [1.807, 2.05) is 12.1 Å². The summed E-state index contributed by atoms with van der Waals surface area (Å²) in [5.74, 6) is 0.469. The van der Waals surface area contributed by atoms with E-state index in [1.165, 1.54) is 11.1 Å². The summed E-state index contributed by atoms with van der Waals surface area (Å²) in [6, 6.07) is 8.21. The SMILES string of the molecule is CC1CCc2ccccc2C1NC(=O)CC1CCCS1(=O)=O. The van der Waals surface area contributed by atoms with Crippen molar-refractivity contribution in [2.75, 3.05) is 5.75 Å². The second-order valence-corrected chi connectivity index (χ2v) is 9.00. The minimum absolute atomic E-state index is 0.00144. The number of aryl methyl sites for hydroxylation is 1. The molecule has 3 atom stereocenters. The van der Waals surface area contributed by atoms with Gasteiger partial charge in [0.25, 0.3) is 0 Å². The average molecular weight is 321 g/mol. The van der Waals surface area contributed by atoms with Crippen LogP contribution in [0.5, 0.6) is 0 Å². The third-order valence-electron chi connectivity index (χ3n) is 5.02. The molecule has 0 aromatic heterocycles. The largest absolute Gasteiger partial charge is 0.349 e. The van der Waals surface area contributed by atoms with Gasteiger partial charge in [-0.1, -0.05) is 31.2 Å². The zero-order valence-electron chi connectivity index (χ0n) is 12.9. The Bertz CT molecular complexity index is 668. The van der Waals surface area contributed by atoms with Gasteiger partial charge in [-0.15, -0.1) is 0 Å². The molecule has 0 spiro atoms. The van der Waals surface area contributed by atoms with E-state index in [2.05, 4.69) is 24.4 Å². The summed E-state index contributed by atoms with van der Waals surface area (Å²) in [6.45, 7) is 2.15. The molecule has 1 N–H and O–H groups in total. The van der Waals surface area contributed by atoms with Crippen LogP contribution in [0.4, 0.5) is 0 Å². The van der Waals surface area contributed by atoms with E-state index in [-0.39, 0.29) is 24.1 Å². The molecular formula is C17H23NO3S. The van der Waals surface area contributed by atoms with Crippen LogP contribution in [-0.2, 0) is 21.1 Å². The van der Waals surface area contributed by atoms with Gasteiger partial charge in [0.15, 0.2) is 9.84 Å². The molecule has 120 valence electrons. The number of hydrogen-bond acceptors (Lipinski definition) is 3. The molecule has 1 aliphatic heterocycles. The molecule has 1 heterocycles. The molecule has 0 bridgehead atoms. The van der Waals surface area contributed by atoms with Gasteiger partial charge in [0.1, 0.15) is 0 Å². The highest BCUT2D eigenvalue weighted by Crippen LogP contribution is 2.34. The second kappa shape index (κ2) is 6.03.